The van der Waals surface area contributed by atoms with Gasteiger partial charge in [0, 0.05) is 34.8 Å². The van der Waals surface area contributed by atoms with Gasteiger partial charge in [0.1, 0.15) is 5.82 Å². The van der Waals surface area contributed by atoms with E-state index in [1.807, 2.05) is 6.92 Å². The molecule has 0 aromatic heterocycles. The molecule has 0 saturated heterocycles. The first-order chi connectivity index (χ1) is 9.97. The van der Waals surface area contributed by atoms with Gasteiger partial charge in [-0.3, -0.25) is 10.1 Å². The monoisotopic (exact) mass is 352 g/mol. The summed E-state index contributed by atoms with van der Waals surface area (Å²) in [6.45, 7) is 2.27. The normalized spacial score (nSPS) is 12.1. The number of rotatable bonds is 5. The second kappa shape index (κ2) is 6.78. The number of halogens is 2. The molecule has 110 valence electrons. The fraction of sp³-hybridized carbons (Fsp3) is 0.200. The van der Waals surface area contributed by atoms with Crippen molar-refractivity contribution in [2.75, 3.05) is 0 Å². The van der Waals surface area contributed by atoms with Gasteiger partial charge in [-0.25, -0.2) is 4.39 Å². The van der Waals surface area contributed by atoms with Gasteiger partial charge >= 0.3 is 0 Å². The van der Waals surface area contributed by atoms with Crippen LogP contribution < -0.4 is 5.32 Å². The van der Waals surface area contributed by atoms with Crippen LogP contribution in [-0.4, -0.2) is 4.92 Å². The summed E-state index contributed by atoms with van der Waals surface area (Å²) in [7, 11) is 0. The molecule has 0 spiro atoms. The largest absolute Gasteiger partial charge is 0.306 e. The van der Waals surface area contributed by atoms with Crippen LogP contribution in [0.5, 0.6) is 0 Å². The molecule has 0 aliphatic rings. The fourth-order valence-corrected chi connectivity index (χ4v) is 2.39. The van der Waals surface area contributed by atoms with Gasteiger partial charge in [-0.15, -0.1) is 0 Å². The van der Waals surface area contributed by atoms with Crippen LogP contribution in [-0.2, 0) is 6.54 Å². The van der Waals surface area contributed by atoms with Gasteiger partial charge in [0.05, 0.1) is 4.92 Å². The summed E-state index contributed by atoms with van der Waals surface area (Å²) in [4.78, 5) is 10.3. The van der Waals surface area contributed by atoms with Gasteiger partial charge in [0.25, 0.3) is 5.69 Å². The Kier molecular flexibility index (Phi) is 5.03. The topological polar surface area (TPSA) is 55.2 Å². The summed E-state index contributed by atoms with van der Waals surface area (Å²) in [5.41, 5.74) is 1.39. The number of non-ortho nitro benzene ring substituents is 1. The summed E-state index contributed by atoms with van der Waals surface area (Å²) in [6, 6.07) is 11.0. The molecular weight excluding hydrogens is 339 g/mol. The Labute approximate surface area is 130 Å². The lowest BCUT2D eigenvalue weighted by atomic mass is 10.1. The minimum absolute atomic E-state index is 0.0515. The number of nitro groups is 1. The van der Waals surface area contributed by atoms with E-state index in [1.165, 1.54) is 18.2 Å². The van der Waals surface area contributed by atoms with Crippen molar-refractivity contribution in [3.8, 4) is 0 Å². The van der Waals surface area contributed by atoms with Crippen molar-refractivity contribution >= 4 is 21.6 Å². The molecule has 6 heteroatoms. The third kappa shape index (κ3) is 4.09. The van der Waals surface area contributed by atoms with Crippen LogP contribution in [0.3, 0.4) is 0 Å². The summed E-state index contributed by atoms with van der Waals surface area (Å²) >= 11 is 3.32. The molecule has 0 heterocycles. The Morgan fingerprint density at radius 2 is 2.10 bits per heavy atom. The van der Waals surface area contributed by atoms with Gasteiger partial charge < -0.3 is 5.32 Å². The highest BCUT2D eigenvalue weighted by atomic mass is 79.9. The molecule has 0 radical (unpaired) electrons. The quantitative estimate of drug-likeness (QED) is 0.642. The van der Waals surface area contributed by atoms with Crippen LogP contribution in [0.15, 0.2) is 46.9 Å². The molecule has 21 heavy (non-hydrogen) atoms. The Morgan fingerprint density at radius 3 is 2.81 bits per heavy atom. The van der Waals surface area contributed by atoms with Gasteiger partial charge in [-0.2, -0.15) is 0 Å². The zero-order chi connectivity index (χ0) is 15.4. The van der Waals surface area contributed by atoms with E-state index in [0.29, 0.717) is 12.1 Å². The number of nitrogens with zero attached hydrogens (tertiary/aromatic N) is 1. The van der Waals surface area contributed by atoms with E-state index in [9.17, 15) is 14.5 Å². The molecule has 1 atom stereocenters. The van der Waals surface area contributed by atoms with Gasteiger partial charge in [-0.05, 0) is 30.7 Å². The number of benzene rings is 2. The Morgan fingerprint density at radius 1 is 1.33 bits per heavy atom. The smallest absolute Gasteiger partial charge is 0.269 e. The summed E-state index contributed by atoms with van der Waals surface area (Å²) in [5, 5.41) is 13.9. The first kappa shape index (κ1) is 15.6. The molecular formula is C15H14BrFN2O2. The Bertz CT molecular complexity index is 664. The van der Waals surface area contributed by atoms with Gasteiger partial charge in [-0.1, -0.05) is 28.1 Å². The van der Waals surface area contributed by atoms with Crippen LogP contribution in [0, 0.1) is 15.9 Å². The lowest BCUT2D eigenvalue weighted by Crippen LogP contribution is -2.19. The fourth-order valence-electron chi connectivity index (χ4n) is 2.01. The first-order valence-electron chi connectivity index (χ1n) is 6.39. The minimum atomic E-state index is -0.430. The van der Waals surface area contributed by atoms with E-state index in [0.717, 1.165) is 10.0 Å². The average Bonchev–Trinajstić information content (AvgIpc) is 2.47. The van der Waals surface area contributed by atoms with E-state index < -0.39 is 4.92 Å². The second-order valence-electron chi connectivity index (χ2n) is 4.70. The molecule has 2 aromatic carbocycles. The predicted octanol–water partition coefficient (Wildman–Crippen LogP) is 4.35. The third-order valence-electron chi connectivity index (χ3n) is 3.16. The molecule has 0 aliphatic carbocycles. The Balaban J connectivity index is 2.07. The molecule has 2 aromatic rings. The van der Waals surface area contributed by atoms with E-state index in [4.69, 9.17) is 0 Å². The van der Waals surface area contributed by atoms with Crippen LogP contribution >= 0.6 is 15.9 Å². The van der Waals surface area contributed by atoms with Crippen molar-refractivity contribution in [1.29, 1.82) is 0 Å². The highest BCUT2D eigenvalue weighted by Gasteiger charge is 2.12. The minimum Gasteiger partial charge on any atom is -0.306 e. The van der Waals surface area contributed by atoms with E-state index in [2.05, 4.69) is 21.2 Å². The lowest BCUT2D eigenvalue weighted by molar-refractivity contribution is -0.384. The maximum atomic E-state index is 13.8. The molecule has 0 fully saturated rings. The van der Waals surface area contributed by atoms with Crippen LogP contribution in [0.2, 0.25) is 0 Å². The molecule has 1 unspecified atom stereocenters. The predicted molar refractivity (Wildman–Crippen MR) is 82.5 cm³/mol. The molecule has 1 N–H and O–H groups in total. The van der Waals surface area contributed by atoms with Crippen molar-refractivity contribution in [2.24, 2.45) is 0 Å². The van der Waals surface area contributed by atoms with Crippen molar-refractivity contribution in [3.05, 3.63) is 74.0 Å². The second-order valence-corrected chi connectivity index (χ2v) is 5.61. The molecule has 0 saturated carbocycles. The third-order valence-corrected chi connectivity index (χ3v) is 3.65. The highest BCUT2D eigenvalue weighted by molar-refractivity contribution is 9.10. The molecule has 4 nitrogen and oxygen atoms in total. The van der Waals surface area contributed by atoms with E-state index >= 15 is 0 Å². The SMILES string of the molecule is CC(NCc1cccc([N+](=O)[O-])c1)c1cc(Br)ccc1F. The number of nitrogens with one attached hydrogen (secondary N) is 1. The summed E-state index contributed by atoms with van der Waals surface area (Å²) < 4.78 is 14.6. The van der Waals surface area contributed by atoms with Crippen molar-refractivity contribution in [3.63, 3.8) is 0 Å². The standard InChI is InChI=1S/C15H14BrFN2O2/c1-10(14-8-12(16)5-6-15(14)17)18-9-11-3-2-4-13(7-11)19(20)21/h2-8,10,18H,9H2,1H3. The van der Waals surface area contributed by atoms with Gasteiger partial charge in [0.2, 0.25) is 0 Å². The van der Waals surface area contributed by atoms with Crippen LogP contribution in [0.25, 0.3) is 0 Å². The zero-order valence-corrected chi connectivity index (χ0v) is 12.9. The van der Waals surface area contributed by atoms with Crippen LogP contribution in [0.1, 0.15) is 24.1 Å². The first-order valence-corrected chi connectivity index (χ1v) is 7.18. The van der Waals surface area contributed by atoms with Crippen LogP contribution in [0.4, 0.5) is 10.1 Å². The number of hydrogen-bond donors (Lipinski definition) is 1. The average molecular weight is 353 g/mol. The van der Waals surface area contributed by atoms with Gasteiger partial charge in [0.15, 0.2) is 0 Å². The maximum absolute atomic E-state index is 13.8. The number of hydrogen-bond acceptors (Lipinski definition) is 3. The molecule has 0 aliphatic heterocycles. The summed E-state index contributed by atoms with van der Waals surface area (Å²) in [6.07, 6.45) is 0. The van der Waals surface area contributed by atoms with Crippen molar-refractivity contribution in [2.45, 2.75) is 19.5 Å². The highest BCUT2D eigenvalue weighted by Crippen LogP contribution is 2.22. The molecule has 2 rings (SSSR count). The summed E-state index contributed by atoms with van der Waals surface area (Å²) in [5.74, 6) is -0.280. The maximum Gasteiger partial charge on any atom is 0.269 e. The van der Waals surface area contributed by atoms with Crippen molar-refractivity contribution < 1.29 is 9.31 Å². The Hall–Kier alpha value is -1.79. The van der Waals surface area contributed by atoms with E-state index in [1.54, 1.807) is 24.3 Å². The lowest BCUT2D eigenvalue weighted by Gasteiger charge is -2.15. The zero-order valence-electron chi connectivity index (χ0n) is 11.3. The van der Waals surface area contributed by atoms with E-state index in [-0.39, 0.29) is 17.5 Å². The molecule has 0 bridgehead atoms. The number of nitro benzene ring substituents is 1. The molecule has 0 amide bonds. The van der Waals surface area contributed by atoms with Crippen molar-refractivity contribution in [1.82, 2.24) is 5.32 Å².